The van der Waals surface area contributed by atoms with Crippen LogP contribution in [0.2, 0.25) is 0 Å². The molecule has 5 heteroatoms. The fourth-order valence-electron chi connectivity index (χ4n) is 5.83. The van der Waals surface area contributed by atoms with Crippen LogP contribution < -0.4 is 10.2 Å². The molecule has 3 heterocycles. The third-order valence-corrected chi connectivity index (χ3v) is 7.96. The molecule has 2 aromatic heterocycles. The zero-order chi connectivity index (χ0) is 23.1. The first-order chi connectivity index (χ1) is 16.0. The molecule has 5 rings (SSSR count). The molecule has 172 valence electrons. The van der Waals surface area contributed by atoms with E-state index in [-0.39, 0.29) is 12.1 Å². The highest BCUT2D eigenvalue weighted by atomic mass is 32.1. The van der Waals surface area contributed by atoms with E-state index in [1.165, 1.54) is 60.2 Å². The van der Waals surface area contributed by atoms with Gasteiger partial charge in [-0.3, -0.25) is 4.98 Å². The van der Waals surface area contributed by atoms with Crippen LogP contribution in [0.5, 0.6) is 0 Å². The molecule has 4 nitrogen and oxygen atoms in total. The maximum absolute atomic E-state index is 5.94. The van der Waals surface area contributed by atoms with Crippen LogP contribution in [0.15, 0.2) is 48.7 Å². The van der Waals surface area contributed by atoms with Crippen molar-refractivity contribution < 1.29 is 0 Å². The Balaban J connectivity index is 1.64. The lowest BCUT2D eigenvalue weighted by molar-refractivity contribution is 0.345. The number of benzene rings is 1. The minimum atomic E-state index is 0.000569. The van der Waals surface area contributed by atoms with Gasteiger partial charge in [-0.05, 0) is 99.8 Å². The van der Waals surface area contributed by atoms with Crippen LogP contribution >= 0.6 is 12.2 Å². The first kappa shape index (κ1) is 22.1. The molecule has 0 amide bonds. The molecule has 0 unspecified atom stereocenters. The van der Waals surface area contributed by atoms with E-state index in [0.29, 0.717) is 6.04 Å². The zero-order valence-corrected chi connectivity index (χ0v) is 21.0. The van der Waals surface area contributed by atoms with Crippen molar-refractivity contribution in [2.75, 3.05) is 4.90 Å². The summed E-state index contributed by atoms with van der Waals surface area (Å²) in [5, 5.41) is 4.39. The first-order valence-corrected chi connectivity index (χ1v) is 12.6. The van der Waals surface area contributed by atoms with Gasteiger partial charge in [0.15, 0.2) is 5.11 Å². The van der Waals surface area contributed by atoms with Gasteiger partial charge in [0.2, 0.25) is 0 Å². The normalized spacial score (nSPS) is 21.5. The van der Waals surface area contributed by atoms with Crippen LogP contribution in [-0.4, -0.2) is 14.7 Å². The summed E-state index contributed by atoms with van der Waals surface area (Å²) in [7, 11) is 0. The summed E-state index contributed by atoms with van der Waals surface area (Å²) in [4.78, 5) is 7.04. The van der Waals surface area contributed by atoms with Gasteiger partial charge in [-0.1, -0.05) is 31.4 Å². The van der Waals surface area contributed by atoms with Crippen LogP contribution in [0.4, 0.5) is 5.69 Å². The molecule has 3 aromatic rings. The molecule has 2 aliphatic rings. The van der Waals surface area contributed by atoms with Crippen LogP contribution in [0.1, 0.15) is 84.0 Å². The molecule has 1 aliphatic carbocycles. The Morgan fingerprint density at radius 2 is 1.73 bits per heavy atom. The largest absolute Gasteiger partial charge is 0.351 e. The lowest BCUT2D eigenvalue weighted by Gasteiger charge is -2.30. The highest BCUT2D eigenvalue weighted by Crippen LogP contribution is 2.44. The molecule has 33 heavy (non-hydrogen) atoms. The van der Waals surface area contributed by atoms with E-state index < -0.39 is 0 Å². The second kappa shape index (κ2) is 8.94. The maximum Gasteiger partial charge on any atom is 0.174 e. The Kier molecular flexibility index (Phi) is 6.00. The number of pyridine rings is 1. The third-order valence-electron chi connectivity index (χ3n) is 7.65. The van der Waals surface area contributed by atoms with Crippen LogP contribution in [-0.2, 0) is 0 Å². The van der Waals surface area contributed by atoms with Gasteiger partial charge < -0.3 is 14.8 Å². The van der Waals surface area contributed by atoms with E-state index in [2.05, 4.69) is 78.9 Å². The van der Waals surface area contributed by atoms with Crippen LogP contribution in [0, 0.1) is 27.7 Å². The Labute approximate surface area is 203 Å². The van der Waals surface area contributed by atoms with Gasteiger partial charge in [0.05, 0.1) is 17.8 Å². The summed E-state index contributed by atoms with van der Waals surface area (Å²) in [6.07, 6.45) is 8.46. The maximum atomic E-state index is 5.94. The fourth-order valence-corrected chi connectivity index (χ4v) is 6.17. The number of nitrogens with zero attached hydrogens (tertiary/aromatic N) is 3. The number of nitrogens with one attached hydrogen (secondary N) is 1. The minimum absolute atomic E-state index is 0.000569. The van der Waals surface area contributed by atoms with Crippen molar-refractivity contribution in [2.45, 2.75) is 77.9 Å². The van der Waals surface area contributed by atoms with E-state index >= 15 is 0 Å². The second-order valence-corrected chi connectivity index (χ2v) is 10.1. The zero-order valence-electron chi connectivity index (χ0n) is 20.1. The fraction of sp³-hybridized carbons (Fsp3) is 0.429. The monoisotopic (exact) mass is 458 g/mol. The predicted octanol–water partition coefficient (Wildman–Crippen LogP) is 6.80. The lowest BCUT2D eigenvalue weighted by Crippen LogP contribution is -2.29. The lowest BCUT2D eigenvalue weighted by atomic mass is 9.94. The molecule has 0 bridgehead atoms. The number of anilines is 1. The van der Waals surface area contributed by atoms with Crippen molar-refractivity contribution in [1.29, 1.82) is 0 Å². The average molecular weight is 459 g/mol. The predicted molar refractivity (Wildman–Crippen MR) is 140 cm³/mol. The summed E-state index contributed by atoms with van der Waals surface area (Å²) in [6, 6.07) is 15.9. The van der Waals surface area contributed by atoms with E-state index in [1.807, 2.05) is 12.3 Å². The minimum Gasteiger partial charge on any atom is -0.351 e. The molecule has 1 saturated heterocycles. The van der Waals surface area contributed by atoms with E-state index in [4.69, 9.17) is 17.2 Å². The van der Waals surface area contributed by atoms with Crippen LogP contribution in [0.25, 0.3) is 0 Å². The van der Waals surface area contributed by atoms with Gasteiger partial charge >= 0.3 is 0 Å². The Hall–Kier alpha value is -2.66. The first-order valence-electron chi connectivity index (χ1n) is 12.2. The highest BCUT2D eigenvalue weighted by Gasteiger charge is 2.42. The molecule has 0 radical (unpaired) electrons. The van der Waals surface area contributed by atoms with Crippen LogP contribution in [0.3, 0.4) is 0 Å². The van der Waals surface area contributed by atoms with Gasteiger partial charge in [0.1, 0.15) is 0 Å². The summed E-state index contributed by atoms with van der Waals surface area (Å²) < 4.78 is 2.60. The standard InChI is InChI=1S/C28H34N4S/c1-18-13-14-23(16-19(18)2)32-27(26(30-28(32)33)25-12-8-9-15-29-25)24-17-20(3)31(21(24)4)22-10-6-5-7-11-22/h8-9,12-17,22,26-27H,5-7,10-11H2,1-4H3,(H,30,33)/t26-,27-/m1/s1. The molecule has 1 N–H and O–H groups in total. The highest BCUT2D eigenvalue weighted by molar-refractivity contribution is 7.80. The molecular weight excluding hydrogens is 424 g/mol. The van der Waals surface area contributed by atoms with Crippen molar-refractivity contribution in [3.63, 3.8) is 0 Å². The second-order valence-electron chi connectivity index (χ2n) is 9.75. The number of hydrogen-bond donors (Lipinski definition) is 1. The van der Waals surface area contributed by atoms with Gasteiger partial charge in [-0.15, -0.1) is 0 Å². The summed E-state index contributed by atoms with van der Waals surface area (Å²) >= 11 is 5.94. The SMILES string of the molecule is Cc1ccc(N2C(=S)N[C@H](c3ccccn3)[C@H]2c2cc(C)n(C3CCCCC3)c2C)cc1C. The molecule has 1 saturated carbocycles. The van der Waals surface area contributed by atoms with E-state index in [1.54, 1.807) is 0 Å². The Morgan fingerprint density at radius 1 is 0.939 bits per heavy atom. The van der Waals surface area contributed by atoms with Gasteiger partial charge in [-0.25, -0.2) is 0 Å². The van der Waals surface area contributed by atoms with Crippen molar-refractivity contribution in [1.82, 2.24) is 14.9 Å². The van der Waals surface area contributed by atoms with Gasteiger partial charge in [-0.2, -0.15) is 0 Å². The number of aryl methyl sites for hydroxylation is 3. The quantitative estimate of drug-likeness (QED) is 0.436. The molecule has 1 aromatic carbocycles. The average Bonchev–Trinajstić information content (AvgIpc) is 3.32. The van der Waals surface area contributed by atoms with E-state index in [0.717, 1.165) is 16.5 Å². The smallest absolute Gasteiger partial charge is 0.174 e. The van der Waals surface area contributed by atoms with Crippen molar-refractivity contribution in [3.05, 3.63) is 82.4 Å². The molecule has 2 atom stereocenters. The van der Waals surface area contributed by atoms with Crippen molar-refractivity contribution in [2.24, 2.45) is 0 Å². The Morgan fingerprint density at radius 3 is 2.42 bits per heavy atom. The number of aromatic nitrogens is 2. The molecular formula is C28H34N4S. The van der Waals surface area contributed by atoms with Crippen molar-refractivity contribution in [3.8, 4) is 0 Å². The van der Waals surface area contributed by atoms with Gasteiger partial charge in [0.25, 0.3) is 0 Å². The molecule has 2 fully saturated rings. The third kappa shape index (κ3) is 3.97. The molecule has 1 aliphatic heterocycles. The number of thiocarbonyl (C=S) groups is 1. The van der Waals surface area contributed by atoms with Crippen molar-refractivity contribution >= 4 is 23.0 Å². The Bertz CT molecular complexity index is 1160. The summed E-state index contributed by atoms with van der Waals surface area (Å²) in [5.41, 5.74) is 8.81. The summed E-state index contributed by atoms with van der Waals surface area (Å²) in [6.45, 7) is 8.89. The number of hydrogen-bond acceptors (Lipinski definition) is 2. The molecule has 0 spiro atoms. The summed E-state index contributed by atoms with van der Waals surface area (Å²) in [5.74, 6) is 0. The topological polar surface area (TPSA) is 33.1 Å². The number of rotatable bonds is 4. The van der Waals surface area contributed by atoms with Gasteiger partial charge in [0, 0.05) is 29.3 Å². The van der Waals surface area contributed by atoms with E-state index in [9.17, 15) is 0 Å².